The van der Waals surface area contributed by atoms with E-state index in [9.17, 15) is 0 Å². The van der Waals surface area contributed by atoms with Crippen LogP contribution in [0.25, 0.3) is 0 Å². The van der Waals surface area contributed by atoms with Gasteiger partial charge in [0.15, 0.2) is 0 Å². The van der Waals surface area contributed by atoms with Crippen molar-refractivity contribution in [1.82, 2.24) is 15.1 Å². The normalized spacial score (nSPS) is 17.7. The fourth-order valence-electron chi connectivity index (χ4n) is 2.87. The van der Waals surface area contributed by atoms with Gasteiger partial charge in [-0.1, -0.05) is 35.9 Å². The molecule has 0 fully saturated rings. The molecular formula is C15H18ClN3. The summed E-state index contributed by atoms with van der Waals surface area (Å²) in [6.45, 7) is 2.78. The van der Waals surface area contributed by atoms with E-state index >= 15 is 0 Å². The summed E-state index contributed by atoms with van der Waals surface area (Å²) in [6.07, 6.45) is 2.32. The van der Waals surface area contributed by atoms with E-state index in [1.54, 1.807) is 4.68 Å². The van der Waals surface area contributed by atoms with Gasteiger partial charge in [0.25, 0.3) is 0 Å². The van der Waals surface area contributed by atoms with Gasteiger partial charge in [0, 0.05) is 25.2 Å². The van der Waals surface area contributed by atoms with Gasteiger partial charge in [-0.25, -0.2) is 0 Å². The molecule has 4 heteroatoms. The highest BCUT2D eigenvalue weighted by atomic mass is 35.5. The fraction of sp³-hybridized carbons (Fsp3) is 0.400. The van der Waals surface area contributed by atoms with Crippen LogP contribution in [-0.2, 0) is 20.0 Å². The van der Waals surface area contributed by atoms with Crippen molar-refractivity contribution < 1.29 is 0 Å². The highest BCUT2D eigenvalue weighted by Crippen LogP contribution is 2.31. The van der Waals surface area contributed by atoms with E-state index in [2.05, 4.69) is 34.7 Å². The van der Waals surface area contributed by atoms with Gasteiger partial charge in [-0.3, -0.25) is 4.68 Å². The molecule has 1 atom stereocenters. The van der Waals surface area contributed by atoms with Gasteiger partial charge >= 0.3 is 0 Å². The van der Waals surface area contributed by atoms with Gasteiger partial charge in [0.05, 0.1) is 5.69 Å². The predicted molar refractivity (Wildman–Crippen MR) is 77.3 cm³/mol. The lowest BCUT2D eigenvalue weighted by Crippen LogP contribution is -2.19. The van der Waals surface area contributed by atoms with Crippen molar-refractivity contribution in [2.75, 3.05) is 0 Å². The van der Waals surface area contributed by atoms with Gasteiger partial charge in [-0.15, -0.1) is 0 Å². The molecule has 1 heterocycles. The van der Waals surface area contributed by atoms with E-state index in [-0.39, 0.29) is 0 Å². The second-order valence-electron chi connectivity index (χ2n) is 5.15. The standard InChI is InChI=1S/C15H18ClN3/c1-10-13(15(16)19(2)18-10)9-17-14-8-7-11-5-3-4-6-12(11)14/h3-6,14,17H,7-9H2,1-2H3. The molecule has 1 aliphatic carbocycles. The highest BCUT2D eigenvalue weighted by Gasteiger charge is 2.22. The smallest absolute Gasteiger partial charge is 0.131 e. The third-order valence-corrected chi connectivity index (χ3v) is 4.40. The molecule has 0 amide bonds. The van der Waals surface area contributed by atoms with Crippen molar-refractivity contribution in [2.45, 2.75) is 32.4 Å². The molecule has 0 spiro atoms. The van der Waals surface area contributed by atoms with Gasteiger partial charge in [-0.2, -0.15) is 5.10 Å². The maximum absolute atomic E-state index is 6.26. The van der Waals surface area contributed by atoms with Crippen LogP contribution in [0.3, 0.4) is 0 Å². The first-order chi connectivity index (χ1) is 9.16. The number of hydrogen-bond acceptors (Lipinski definition) is 2. The Hall–Kier alpha value is -1.32. The van der Waals surface area contributed by atoms with Gasteiger partial charge < -0.3 is 5.32 Å². The maximum Gasteiger partial charge on any atom is 0.131 e. The number of fused-ring (bicyclic) bond motifs is 1. The molecule has 19 heavy (non-hydrogen) atoms. The number of benzene rings is 1. The molecule has 2 aromatic rings. The van der Waals surface area contributed by atoms with E-state index in [0.717, 1.165) is 35.8 Å². The summed E-state index contributed by atoms with van der Waals surface area (Å²) in [7, 11) is 1.88. The minimum atomic E-state index is 0.437. The first kappa shape index (κ1) is 12.7. The molecule has 3 nitrogen and oxygen atoms in total. The van der Waals surface area contributed by atoms with Crippen LogP contribution in [0.15, 0.2) is 24.3 Å². The number of rotatable bonds is 3. The summed E-state index contributed by atoms with van der Waals surface area (Å²) in [5.74, 6) is 0. The Kier molecular flexibility index (Phi) is 3.33. The van der Waals surface area contributed by atoms with Crippen molar-refractivity contribution in [3.05, 3.63) is 51.8 Å². The zero-order chi connectivity index (χ0) is 13.4. The molecule has 1 aromatic heterocycles. The summed E-state index contributed by atoms with van der Waals surface area (Å²) in [5, 5.41) is 8.69. The van der Waals surface area contributed by atoms with Gasteiger partial charge in [0.1, 0.15) is 5.15 Å². The quantitative estimate of drug-likeness (QED) is 0.933. The number of halogens is 1. The zero-order valence-corrected chi connectivity index (χ0v) is 12.0. The van der Waals surface area contributed by atoms with Crippen molar-refractivity contribution in [2.24, 2.45) is 7.05 Å². The van der Waals surface area contributed by atoms with E-state index in [4.69, 9.17) is 11.6 Å². The van der Waals surface area contributed by atoms with Crippen molar-refractivity contribution in [1.29, 1.82) is 0 Å². The number of hydrogen-bond donors (Lipinski definition) is 1. The van der Waals surface area contributed by atoms with Crippen LogP contribution < -0.4 is 5.32 Å². The van der Waals surface area contributed by atoms with Crippen molar-refractivity contribution in [3.63, 3.8) is 0 Å². The molecule has 0 bridgehead atoms. The zero-order valence-electron chi connectivity index (χ0n) is 11.3. The van der Waals surface area contributed by atoms with E-state index in [1.165, 1.54) is 11.1 Å². The summed E-state index contributed by atoms with van der Waals surface area (Å²) >= 11 is 6.26. The third kappa shape index (κ3) is 2.28. The lowest BCUT2D eigenvalue weighted by atomic mass is 10.1. The van der Waals surface area contributed by atoms with Crippen LogP contribution in [0.2, 0.25) is 5.15 Å². The Balaban J connectivity index is 1.74. The Morgan fingerprint density at radius 2 is 2.21 bits per heavy atom. The van der Waals surface area contributed by atoms with Crippen LogP contribution >= 0.6 is 11.6 Å². The lowest BCUT2D eigenvalue weighted by Gasteiger charge is -2.14. The Labute approximate surface area is 118 Å². The maximum atomic E-state index is 6.26. The number of nitrogens with zero attached hydrogens (tertiary/aromatic N) is 2. The van der Waals surface area contributed by atoms with Crippen molar-refractivity contribution >= 4 is 11.6 Å². The van der Waals surface area contributed by atoms with Crippen molar-refractivity contribution in [3.8, 4) is 0 Å². The van der Waals surface area contributed by atoms with Crippen LogP contribution in [0.1, 0.15) is 34.8 Å². The summed E-state index contributed by atoms with van der Waals surface area (Å²) in [6, 6.07) is 9.11. The van der Waals surface area contributed by atoms with E-state index in [0.29, 0.717) is 6.04 Å². The van der Waals surface area contributed by atoms with Crippen LogP contribution in [0.5, 0.6) is 0 Å². The Morgan fingerprint density at radius 3 is 2.95 bits per heavy atom. The summed E-state index contributed by atoms with van der Waals surface area (Å²) in [4.78, 5) is 0. The second kappa shape index (κ2) is 4.99. The number of nitrogens with one attached hydrogen (secondary N) is 1. The minimum Gasteiger partial charge on any atom is -0.306 e. The van der Waals surface area contributed by atoms with E-state index in [1.807, 2.05) is 14.0 Å². The largest absolute Gasteiger partial charge is 0.306 e. The molecule has 1 unspecified atom stereocenters. The van der Waals surface area contributed by atoms with Gasteiger partial charge in [-0.05, 0) is 30.9 Å². The fourth-order valence-corrected chi connectivity index (χ4v) is 3.11. The molecule has 0 aliphatic heterocycles. The SMILES string of the molecule is Cc1nn(C)c(Cl)c1CNC1CCc2ccccc21. The third-order valence-electron chi connectivity index (χ3n) is 3.93. The molecule has 1 aromatic carbocycles. The van der Waals surface area contributed by atoms with Crippen LogP contribution in [0.4, 0.5) is 0 Å². The monoisotopic (exact) mass is 275 g/mol. The first-order valence-corrected chi connectivity index (χ1v) is 7.03. The highest BCUT2D eigenvalue weighted by molar-refractivity contribution is 6.30. The van der Waals surface area contributed by atoms with E-state index < -0.39 is 0 Å². The van der Waals surface area contributed by atoms with Crippen LogP contribution in [-0.4, -0.2) is 9.78 Å². The Bertz CT molecular complexity index is 603. The molecule has 0 saturated heterocycles. The summed E-state index contributed by atoms with van der Waals surface area (Å²) in [5.41, 5.74) is 5.01. The topological polar surface area (TPSA) is 29.9 Å². The molecule has 3 rings (SSSR count). The number of aromatic nitrogens is 2. The molecule has 1 N–H and O–H groups in total. The van der Waals surface area contributed by atoms with Crippen LogP contribution in [0, 0.1) is 6.92 Å². The average molecular weight is 276 g/mol. The molecule has 0 saturated carbocycles. The summed E-state index contributed by atoms with van der Waals surface area (Å²) < 4.78 is 1.73. The minimum absolute atomic E-state index is 0.437. The Morgan fingerprint density at radius 1 is 1.42 bits per heavy atom. The number of aryl methyl sites for hydroxylation is 3. The molecular weight excluding hydrogens is 258 g/mol. The molecule has 0 radical (unpaired) electrons. The molecule has 100 valence electrons. The van der Waals surface area contributed by atoms with Gasteiger partial charge in [0.2, 0.25) is 0 Å². The molecule has 1 aliphatic rings. The first-order valence-electron chi connectivity index (χ1n) is 6.66. The lowest BCUT2D eigenvalue weighted by molar-refractivity contribution is 0.529. The predicted octanol–water partition coefficient (Wildman–Crippen LogP) is 3.16. The second-order valence-corrected chi connectivity index (χ2v) is 5.51. The average Bonchev–Trinajstić information content (AvgIpc) is 2.91.